The van der Waals surface area contributed by atoms with Gasteiger partial charge in [-0.05, 0) is 34.5 Å². The highest BCUT2D eigenvalue weighted by Crippen LogP contribution is 2.16. The zero-order chi connectivity index (χ0) is 10.7. The molecular weight excluding hydrogens is 246 g/mol. The quantitative estimate of drug-likeness (QED) is 0.905. The molecule has 0 aliphatic carbocycles. The molecule has 0 aromatic carbocycles. The third-order valence-corrected chi connectivity index (χ3v) is 2.87. The fourth-order valence-electron chi connectivity index (χ4n) is 1.11. The molecule has 0 spiro atoms. The number of carbonyl (C=O) groups is 1. The van der Waals surface area contributed by atoms with E-state index in [0.717, 1.165) is 15.7 Å². The molecule has 1 unspecified atom stereocenters. The third-order valence-electron chi connectivity index (χ3n) is 2.04. The number of aliphatic carboxylic acids is 1. The normalized spacial score (nSPS) is 12.5. The number of halogens is 1. The summed E-state index contributed by atoms with van der Waals surface area (Å²) in [6.45, 7) is 3.64. The summed E-state index contributed by atoms with van der Waals surface area (Å²) in [5, 5.41) is 8.73. The molecule has 0 saturated heterocycles. The first-order valence-corrected chi connectivity index (χ1v) is 5.14. The van der Waals surface area contributed by atoms with Crippen molar-refractivity contribution in [1.29, 1.82) is 0 Å². The maximum atomic E-state index is 10.6. The minimum absolute atomic E-state index is 0.386. The molecular formula is C10H12BrNO2. The van der Waals surface area contributed by atoms with Crippen molar-refractivity contribution in [3.05, 3.63) is 28.0 Å². The monoisotopic (exact) mass is 257 g/mol. The van der Waals surface area contributed by atoms with E-state index in [1.54, 1.807) is 13.1 Å². The number of hydrogen-bond donors (Lipinski definition) is 1. The van der Waals surface area contributed by atoms with Crippen LogP contribution in [0, 0.1) is 12.8 Å². The van der Waals surface area contributed by atoms with Gasteiger partial charge in [0.15, 0.2) is 0 Å². The fourth-order valence-corrected chi connectivity index (χ4v) is 1.33. The van der Waals surface area contributed by atoms with Gasteiger partial charge in [0, 0.05) is 22.8 Å². The van der Waals surface area contributed by atoms with E-state index in [1.165, 1.54) is 0 Å². The van der Waals surface area contributed by atoms with Crippen molar-refractivity contribution < 1.29 is 9.90 Å². The van der Waals surface area contributed by atoms with Crippen LogP contribution in [-0.2, 0) is 11.2 Å². The molecule has 0 amide bonds. The van der Waals surface area contributed by atoms with Gasteiger partial charge in [0.05, 0.1) is 5.92 Å². The summed E-state index contributed by atoms with van der Waals surface area (Å²) in [4.78, 5) is 14.8. The number of rotatable bonds is 3. The first kappa shape index (κ1) is 11.2. The zero-order valence-corrected chi connectivity index (χ0v) is 9.71. The number of aromatic nitrogens is 1. The lowest BCUT2D eigenvalue weighted by Crippen LogP contribution is -2.13. The first-order chi connectivity index (χ1) is 6.50. The molecule has 1 N–H and O–H groups in total. The van der Waals surface area contributed by atoms with Gasteiger partial charge in [-0.2, -0.15) is 0 Å². The Bertz CT molecular complexity index is 352. The predicted molar refractivity (Wildman–Crippen MR) is 57.2 cm³/mol. The lowest BCUT2D eigenvalue weighted by molar-refractivity contribution is -0.141. The van der Waals surface area contributed by atoms with Gasteiger partial charge in [0.1, 0.15) is 0 Å². The van der Waals surface area contributed by atoms with Crippen molar-refractivity contribution >= 4 is 21.9 Å². The van der Waals surface area contributed by atoms with Gasteiger partial charge in [-0.25, -0.2) is 0 Å². The van der Waals surface area contributed by atoms with Gasteiger partial charge in [-0.3, -0.25) is 9.78 Å². The van der Waals surface area contributed by atoms with Crippen LogP contribution in [-0.4, -0.2) is 16.1 Å². The Balaban J connectivity index is 2.78. The Morgan fingerprint density at radius 1 is 1.71 bits per heavy atom. The van der Waals surface area contributed by atoms with E-state index in [-0.39, 0.29) is 5.92 Å². The Kier molecular flexibility index (Phi) is 3.63. The maximum Gasteiger partial charge on any atom is 0.306 e. The van der Waals surface area contributed by atoms with Crippen LogP contribution in [0.2, 0.25) is 0 Å². The zero-order valence-electron chi connectivity index (χ0n) is 8.12. The molecule has 1 heterocycles. The molecule has 1 aromatic rings. The largest absolute Gasteiger partial charge is 0.481 e. The number of hydrogen-bond acceptors (Lipinski definition) is 2. The summed E-state index contributed by atoms with van der Waals surface area (Å²) in [5.41, 5.74) is 1.90. The van der Waals surface area contributed by atoms with Crippen molar-refractivity contribution in [3.63, 3.8) is 0 Å². The summed E-state index contributed by atoms with van der Waals surface area (Å²) in [7, 11) is 0. The lowest BCUT2D eigenvalue weighted by Gasteiger charge is -2.06. The SMILES string of the molecule is Cc1cc(CC(C)C(=O)O)ncc1Br. The molecule has 0 fully saturated rings. The van der Waals surface area contributed by atoms with Crippen molar-refractivity contribution in [2.45, 2.75) is 20.3 Å². The minimum atomic E-state index is -0.785. The lowest BCUT2D eigenvalue weighted by atomic mass is 10.0. The molecule has 1 atom stereocenters. The van der Waals surface area contributed by atoms with Gasteiger partial charge in [-0.15, -0.1) is 0 Å². The van der Waals surface area contributed by atoms with Gasteiger partial charge < -0.3 is 5.11 Å². The van der Waals surface area contributed by atoms with Crippen molar-refractivity contribution in [2.24, 2.45) is 5.92 Å². The second-order valence-electron chi connectivity index (χ2n) is 3.37. The van der Waals surface area contributed by atoms with Gasteiger partial charge >= 0.3 is 5.97 Å². The minimum Gasteiger partial charge on any atom is -0.481 e. The number of carboxylic acids is 1. The van der Waals surface area contributed by atoms with E-state index in [2.05, 4.69) is 20.9 Å². The molecule has 0 bridgehead atoms. The van der Waals surface area contributed by atoms with E-state index >= 15 is 0 Å². The van der Waals surface area contributed by atoms with E-state index in [0.29, 0.717) is 6.42 Å². The van der Waals surface area contributed by atoms with Crippen LogP contribution in [0.3, 0.4) is 0 Å². The molecule has 14 heavy (non-hydrogen) atoms. The van der Waals surface area contributed by atoms with Crippen LogP contribution < -0.4 is 0 Å². The summed E-state index contributed by atoms with van der Waals surface area (Å²) >= 11 is 3.35. The molecule has 4 heteroatoms. The smallest absolute Gasteiger partial charge is 0.306 e. The van der Waals surface area contributed by atoms with Gasteiger partial charge in [0.2, 0.25) is 0 Å². The Morgan fingerprint density at radius 3 is 2.86 bits per heavy atom. The van der Waals surface area contributed by atoms with Gasteiger partial charge in [-0.1, -0.05) is 6.92 Å². The molecule has 0 aliphatic heterocycles. The first-order valence-electron chi connectivity index (χ1n) is 4.34. The van der Waals surface area contributed by atoms with Gasteiger partial charge in [0.25, 0.3) is 0 Å². The highest BCUT2D eigenvalue weighted by Gasteiger charge is 2.12. The average molecular weight is 258 g/mol. The third kappa shape index (κ3) is 2.80. The van der Waals surface area contributed by atoms with Crippen LogP contribution in [0.1, 0.15) is 18.2 Å². The highest BCUT2D eigenvalue weighted by atomic mass is 79.9. The second-order valence-corrected chi connectivity index (χ2v) is 4.22. The maximum absolute atomic E-state index is 10.6. The average Bonchev–Trinajstić information content (AvgIpc) is 2.11. The van der Waals surface area contributed by atoms with E-state index in [9.17, 15) is 4.79 Å². The molecule has 3 nitrogen and oxygen atoms in total. The Hall–Kier alpha value is -0.900. The summed E-state index contributed by atoms with van der Waals surface area (Å²) in [6.07, 6.45) is 2.18. The predicted octanol–water partition coefficient (Wildman–Crippen LogP) is 2.42. The number of pyridine rings is 1. The van der Waals surface area contributed by atoms with Crippen LogP contribution in [0.5, 0.6) is 0 Å². The van der Waals surface area contributed by atoms with Crippen LogP contribution in [0.25, 0.3) is 0 Å². The number of nitrogens with zero attached hydrogens (tertiary/aromatic N) is 1. The Morgan fingerprint density at radius 2 is 2.36 bits per heavy atom. The van der Waals surface area contributed by atoms with Crippen LogP contribution >= 0.6 is 15.9 Å². The molecule has 1 rings (SSSR count). The van der Waals surface area contributed by atoms with E-state index in [4.69, 9.17) is 5.11 Å². The van der Waals surface area contributed by atoms with Crippen molar-refractivity contribution in [2.75, 3.05) is 0 Å². The van der Waals surface area contributed by atoms with Crippen molar-refractivity contribution in [1.82, 2.24) is 4.98 Å². The second kappa shape index (κ2) is 4.55. The van der Waals surface area contributed by atoms with Crippen LogP contribution in [0.4, 0.5) is 0 Å². The molecule has 0 aliphatic rings. The molecule has 76 valence electrons. The fraction of sp³-hybridized carbons (Fsp3) is 0.400. The summed E-state index contributed by atoms with van der Waals surface area (Å²) in [6, 6.07) is 1.91. The van der Waals surface area contributed by atoms with E-state index < -0.39 is 5.97 Å². The number of carboxylic acid groups (broad SMARTS) is 1. The Labute approximate surface area is 91.3 Å². The summed E-state index contributed by atoms with van der Waals surface area (Å²) in [5.74, 6) is -1.17. The topological polar surface area (TPSA) is 50.2 Å². The highest BCUT2D eigenvalue weighted by molar-refractivity contribution is 9.10. The molecule has 0 radical (unpaired) electrons. The van der Waals surface area contributed by atoms with Crippen molar-refractivity contribution in [3.8, 4) is 0 Å². The molecule has 0 saturated carbocycles. The van der Waals surface area contributed by atoms with E-state index in [1.807, 2.05) is 13.0 Å². The standard InChI is InChI=1S/C10H12BrNO2/c1-6-3-8(12-5-9(6)11)4-7(2)10(13)14/h3,5,7H,4H2,1-2H3,(H,13,14). The summed E-state index contributed by atoms with van der Waals surface area (Å²) < 4.78 is 0.948. The number of aryl methyl sites for hydroxylation is 1. The molecule has 1 aromatic heterocycles. The van der Waals surface area contributed by atoms with Crippen LogP contribution in [0.15, 0.2) is 16.7 Å².